The van der Waals surface area contributed by atoms with Crippen molar-refractivity contribution in [1.82, 2.24) is 9.55 Å². The monoisotopic (exact) mass is 338 g/mol. The molecule has 1 aromatic carbocycles. The lowest BCUT2D eigenvalue weighted by atomic mass is 10.1. The second-order valence-corrected chi connectivity index (χ2v) is 6.79. The van der Waals surface area contributed by atoms with Crippen molar-refractivity contribution >= 4 is 39.2 Å². The maximum atomic E-state index is 5.95. The van der Waals surface area contributed by atoms with E-state index in [1.54, 1.807) is 0 Å². The van der Waals surface area contributed by atoms with Gasteiger partial charge >= 0.3 is 0 Å². The molecule has 5 heteroatoms. The van der Waals surface area contributed by atoms with Crippen LogP contribution in [0.5, 0.6) is 0 Å². The van der Waals surface area contributed by atoms with Crippen molar-refractivity contribution in [3.05, 3.63) is 27.4 Å². The van der Waals surface area contributed by atoms with Crippen LogP contribution in [0.15, 0.2) is 22.7 Å². The molecular formula is C14H15BrN2OS. The molecule has 1 aromatic heterocycles. The molecule has 2 fully saturated rings. The van der Waals surface area contributed by atoms with Gasteiger partial charge in [0, 0.05) is 11.1 Å². The number of fused-ring (bicyclic) bond motifs is 1. The molecule has 0 spiro atoms. The fourth-order valence-electron chi connectivity index (χ4n) is 3.18. The normalized spacial score (nSPS) is 27.2. The first-order valence-corrected chi connectivity index (χ1v) is 7.95. The van der Waals surface area contributed by atoms with Crippen molar-refractivity contribution < 1.29 is 4.74 Å². The Morgan fingerprint density at radius 3 is 2.95 bits per heavy atom. The number of hydrogen-bond donors (Lipinski definition) is 1. The van der Waals surface area contributed by atoms with Crippen LogP contribution < -0.4 is 0 Å². The fourth-order valence-corrected chi connectivity index (χ4v) is 3.87. The van der Waals surface area contributed by atoms with Crippen molar-refractivity contribution in [2.45, 2.75) is 31.4 Å². The molecule has 2 unspecified atom stereocenters. The zero-order valence-corrected chi connectivity index (χ0v) is 12.8. The van der Waals surface area contributed by atoms with Crippen LogP contribution in [-0.2, 0) is 4.74 Å². The predicted octanol–water partition coefficient (Wildman–Crippen LogP) is 4.20. The maximum Gasteiger partial charge on any atom is 0.178 e. The minimum absolute atomic E-state index is 0.352. The third-order valence-corrected chi connectivity index (χ3v) is 4.99. The van der Waals surface area contributed by atoms with Gasteiger partial charge in [-0.25, -0.2) is 0 Å². The Kier molecular flexibility index (Phi) is 2.83. The summed E-state index contributed by atoms with van der Waals surface area (Å²) < 4.78 is 10.1. The maximum absolute atomic E-state index is 5.95. The van der Waals surface area contributed by atoms with Gasteiger partial charge in [-0.05, 0) is 55.6 Å². The number of nitrogens with one attached hydrogen (secondary N) is 1. The van der Waals surface area contributed by atoms with E-state index in [1.807, 2.05) is 6.07 Å². The molecule has 2 aliphatic rings. The Hall–Kier alpha value is -0.650. The van der Waals surface area contributed by atoms with Crippen molar-refractivity contribution in [2.24, 2.45) is 5.92 Å². The number of aromatic nitrogens is 2. The fraction of sp³-hybridized carbons (Fsp3) is 0.500. The van der Waals surface area contributed by atoms with Gasteiger partial charge in [0.1, 0.15) is 0 Å². The molecule has 3 nitrogen and oxygen atoms in total. The number of ether oxygens (including phenoxy) is 1. The van der Waals surface area contributed by atoms with E-state index in [0.717, 1.165) is 33.7 Å². The first-order valence-electron chi connectivity index (χ1n) is 6.75. The quantitative estimate of drug-likeness (QED) is 0.831. The Labute approximate surface area is 125 Å². The summed E-state index contributed by atoms with van der Waals surface area (Å²) in [4.78, 5) is 3.31. The summed E-state index contributed by atoms with van der Waals surface area (Å²) in [6, 6.07) is 6.65. The molecule has 0 radical (unpaired) electrons. The highest BCUT2D eigenvalue weighted by molar-refractivity contribution is 9.10. The van der Waals surface area contributed by atoms with Gasteiger partial charge in [-0.15, -0.1) is 0 Å². The van der Waals surface area contributed by atoms with E-state index in [0.29, 0.717) is 12.1 Å². The van der Waals surface area contributed by atoms with Crippen molar-refractivity contribution in [1.29, 1.82) is 0 Å². The lowest BCUT2D eigenvalue weighted by Gasteiger charge is -2.20. The number of imidazole rings is 1. The van der Waals surface area contributed by atoms with Gasteiger partial charge in [-0.3, -0.25) is 0 Å². The van der Waals surface area contributed by atoms with Crippen LogP contribution in [-0.4, -0.2) is 22.3 Å². The van der Waals surface area contributed by atoms with Crippen LogP contribution in [0.2, 0.25) is 0 Å². The highest BCUT2D eigenvalue weighted by Gasteiger charge is 2.42. The second-order valence-electron chi connectivity index (χ2n) is 5.49. The number of halogens is 1. The van der Waals surface area contributed by atoms with Gasteiger partial charge in [0.25, 0.3) is 0 Å². The summed E-state index contributed by atoms with van der Waals surface area (Å²) >= 11 is 9.08. The molecule has 1 saturated carbocycles. The van der Waals surface area contributed by atoms with E-state index >= 15 is 0 Å². The lowest BCUT2D eigenvalue weighted by Crippen LogP contribution is -2.22. The Morgan fingerprint density at radius 2 is 2.16 bits per heavy atom. The Bertz CT molecular complexity index is 688. The van der Waals surface area contributed by atoms with Gasteiger partial charge in [0.2, 0.25) is 0 Å². The number of nitrogens with zero attached hydrogens (tertiary/aromatic N) is 1. The van der Waals surface area contributed by atoms with Crippen LogP contribution in [0.1, 0.15) is 25.3 Å². The second kappa shape index (κ2) is 4.43. The van der Waals surface area contributed by atoms with E-state index in [1.165, 1.54) is 18.4 Å². The van der Waals surface area contributed by atoms with Crippen molar-refractivity contribution in [3.63, 3.8) is 0 Å². The first kappa shape index (κ1) is 12.1. The first-order chi connectivity index (χ1) is 9.24. The van der Waals surface area contributed by atoms with E-state index in [2.05, 4.69) is 37.6 Å². The molecule has 1 saturated heterocycles. The topological polar surface area (TPSA) is 29.9 Å². The smallest absolute Gasteiger partial charge is 0.178 e. The average molecular weight is 339 g/mol. The Morgan fingerprint density at radius 1 is 1.32 bits per heavy atom. The summed E-state index contributed by atoms with van der Waals surface area (Å²) in [6.07, 6.45) is 4.03. The van der Waals surface area contributed by atoms with Gasteiger partial charge in [-0.2, -0.15) is 0 Å². The average Bonchev–Trinajstić information content (AvgIpc) is 3.03. The minimum Gasteiger partial charge on any atom is -0.376 e. The molecule has 1 aliphatic heterocycles. The molecule has 4 rings (SSSR count). The third kappa shape index (κ3) is 1.99. The number of aromatic amines is 1. The van der Waals surface area contributed by atoms with Crippen LogP contribution in [0.4, 0.5) is 0 Å². The predicted molar refractivity (Wildman–Crippen MR) is 80.9 cm³/mol. The summed E-state index contributed by atoms with van der Waals surface area (Å²) in [7, 11) is 0. The summed E-state index contributed by atoms with van der Waals surface area (Å²) in [5, 5.41) is 0. The van der Waals surface area contributed by atoms with Crippen molar-refractivity contribution in [3.8, 4) is 0 Å². The molecular weight excluding hydrogens is 324 g/mol. The van der Waals surface area contributed by atoms with Crippen LogP contribution in [0, 0.1) is 10.7 Å². The van der Waals surface area contributed by atoms with Crippen LogP contribution in [0.25, 0.3) is 11.0 Å². The van der Waals surface area contributed by atoms with Gasteiger partial charge in [-0.1, -0.05) is 15.9 Å². The van der Waals surface area contributed by atoms with E-state index < -0.39 is 0 Å². The summed E-state index contributed by atoms with van der Waals surface area (Å²) in [6.45, 7) is 0.855. The van der Waals surface area contributed by atoms with E-state index in [9.17, 15) is 0 Å². The number of benzene rings is 1. The zero-order chi connectivity index (χ0) is 13.0. The summed E-state index contributed by atoms with van der Waals surface area (Å²) in [5.41, 5.74) is 2.29. The van der Waals surface area contributed by atoms with Crippen LogP contribution in [0.3, 0.4) is 0 Å². The molecule has 19 heavy (non-hydrogen) atoms. The van der Waals surface area contributed by atoms with E-state index in [4.69, 9.17) is 17.0 Å². The molecule has 1 N–H and O–H groups in total. The van der Waals surface area contributed by atoms with Crippen molar-refractivity contribution in [2.75, 3.05) is 6.61 Å². The van der Waals surface area contributed by atoms with E-state index in [-0.39, 0.29) is 0 Å². The lowest BCUT2D eigenvalue weighted by molar-refractivity contribution is 0.0756. The number of hydrogen-bond acceptors (Lipinski definition) is 2. The van der Waals surface area contributed by atoms with Gasteiger partial charge in [0.05, 0.1) is 23.2 Å². The number of H-pyrrole nitrogens is 1. The molecule has 2 heterocycles. The minimum atomic E-state index is 0.352. The third-order valence-electron chi connectivity index (χ3n) is 4.20. The number of rotatable bonds is 2. The molecule has 0 bridgehead atoms. The molecule has 0 amide bonds. The van der Waals surface area contributed by atoms with Gasteiger partial charge in [0.15, 0.2) is 4.77 Å². The van der Waals surface area contributed by atoms with Gasteiger partial charge < -0.3 is 14.3 Å². The molecule has 1 aliphatic carbocycles. The molecule has 2 atom stereocenters. The molecule has 100 valence electrons. The zero-order valence-electron chi connectivity index (χ0n) is 10.4. The Balaban J connectivity index is 1.87. The highest BCUT2D eigenvalue weighted by Crippen LogP contribution is 2.44. The standard InChI is InChI=1S/C14H15BrN2OS/c15-9-3-4-10-12(7-9)17(14(19)16-10)11-5-6-18-13(11)8-1-2-8/h3-4,7-8,11,13H,1-2,5-6H2,(H,16,19). The molecule has 2 aromatic rings. The SMILES string of the molecule is S=c1[nH]c2ccc(Br)cc2n1C1CCOC1C1CC1. The highest BCUT2D eigenvalue weighted by atomic mass is 79.9. The van der Waals surface area contributed by atoms with Crippen LogP contribution >= 0.6 is 28.1 Å². The summed E-state index contributed by atoms with van der Waals surface area (Å²) in [5.74, 6) is 0.742. The largest absolute Gasteiger partial charge is 0.376 e.